The van der Waals surface area contributed by atoms with Crippen LogP contribution in [0.15, 0.2) is 65.2 Å². The van der Waals surface area contributed by atoms with Gasteiger partial charge in [0.25, 0.3) is 5.91 Å². The summed E-state index contributed by atoms with van der Waals surface area (Å²) in [6.07, 6.45) is 6.35. The number of amides is 1. The Bertz CT molecular complexity index is 1270. The van der Waals surface area contributed by atoms with Crippen LogP contribution < -0.4 is 5.32 Å². The first-order chi connectivity index (χ1) is 14.7. The number of halogens is 1. The molecule has 0 unspecified atom stereocenters. The number of hydrogen-bond acceptors (Lipinski definition) is 3. The Hall–Kier alpha value is -3.57. The van der Waals surface area contributed by atoms with E-state index >= 15 is 0 Å². The third-order valence-electron chi connectivity index (χ3n) is 5.05. The minimum atomic E-state index is -0.0266. The summed E-state index contributed by atoms with van der Waals surface area (Å²) in [5.41, 5.74) is 5.31. The fourth-order valence-electron chi connectivity index (χ4n) is 3.56. The molecular formula is C24H18ClN3O2. The highest BCUT2D eigenvalue weighted by Gasteiger charge is 2.19. The van der Waals surface area contributed by atoms with Gasteiger partial charge in [-0.15, -0.1) is 0 Å². The van der Waals surface area contributed by atoms with E-state index in [9.17, 15) is 4.79 Å². The molecule has 5 nitrogen and oxygen atoms in total. The Morgan fingerprint density at radius 1 is 1.03 bits per heavy atom. The lowest BCUT2D eigenvalue weighted by molar-refractivity contribution is 0.0946. The normalized spacial score (nSPS) is 13.4. The Morgan fingerprint density at radius 3 is 2.83 bits per heavy atom. The number of nitrogens with one attached hydrogen (secondary N) is 2. The summed E-state index contributed by atoms with van der Waals surface area (Å²) in [4.78, 5) is 19.8. The number of benzene rings is 1. The van der Waals surface area contributed by atoms with Crippen LogP contribution in [0.2, 0.25) is 5.02 Å². The van der Waals surface area contributed by atoms with Crippen LogP contribution in [-0.2, 0) is 6.42 Å². The molecule has 1 aliphatic heterocycles. The summed E-state index contributed by atoms with van der Waals surface area (Å²) < 4.78 is 5.90. The number of furan rings is 1. The zero-order valence-electron chi connectivity index (χ0n) is 16.0. The fourth-order valence-corrected chi connectivity index (χ4v) is 3.75. The van der Waals surface area contributed by atoms with E-state index < -0.39 is 0 Å². The van der Waals surface area contributed by atoms with Crippen LogP contribution in [0, 0.1) is 0 Å². The lowest BCUT2D eigenvalue weighted by Gasteiger charge is -2.10. The highest BCUT2D eigenvalue weighted by molar-refractivity contribution is 6.30. The maximum absolute atomic E-state index is 12.0. The molecule has 4 aromatic rings. The molecule has 1 aromatic carbocycles. The van der Waals surface area contributed by atoms with Crippen LogP contribution >= 0.6 is 11.6 Å². The van der Waals surface area contributed by atoms with Crippen molar-refractivity contribution in [1.82, 2.24) is 15.3 Å². The van der Waals surface area contributed by atoms with E-state index in [0.29, 0.717) is 17.1 Å². The number of hydrogen-bond donors (Lipinski definition) is 2. The van der Waals surface area contributed by atoms with Gasteiger partial charge in [-0.2, -0.15) is 0 Å². The average Bonchev–Trinajstić information content (AvgIpc) is 3.41. The van der Waals surface area contributed by atoms with Gasteiger partial charge < -0.3 is 14.7 Å². The summed E-state index contributed by atoms with van der Waals surface area (Å²) in [6, 6.07) is 17.2. The molecule has 30 heavy (non-hydrogen) atoms. The maximum Gasteiger partial charge on any atom is 0.253 e. The number of pyridine rings is 1. The highest BCUT2D eigenvalue weighted by atomic mass is 35.5. The standard InChI is InChI=1S/C24H18ClN3O2/c25-17-3-1-2-16(12-17)23-7-6-19(30-23)5-4-18-13-15(8-10-26-18)22-14-20-21(28-22)9-11-27-24(20)29/h1-8,10,12-14,28H,9,11H2,(H,27,29)/b5-4+. The molecule has 0 saturated carbocycles. The molecule has 0 radical (unpaired) electrons. The number of aromatic nitrogens is 2. The SMILES string of the molecule is O=C1NCCc2[nH]c(-c3ccnc(/C=C/c4ccc(-c5cccc(Cl)c5)o4)c3)cc21. The number of fused-ring (bicyclic) bond motifs is 1. The van der Waals surface area contributed by atoms with Gasteiger partial charge in [-0.3, -0.25) is 9.78 Å². The van der Waals surface area contributed by atoms with Crippen molar-refractivity contribution in [1.29, 1.82) is 0 Å². The van der Waals surface area contributed by atoms with Crippen LogP contribution in [0.3, 0.4) is 0 Å². The van der Waals surface area contributed by atoms with Crippen molar-refractivity contribution in [3.05, 3.63) is 88.5 Å². The minimum Gasteiger partial charge on any atom is -0.457 e. The lowest BCUT2D eigenvalue weighted by atomic mass is 10.1. The molecule has 0 saturated heterocycles. The molecule has 6 heteroatoms. The summed E-state index contributed by atoms with van der Waals surface area (Å²) in [5.74, 6) is 1.46. The molecule has 5 rings (SSSR count). The molecule has 148 valence electrons. The number of rotatable bonds is 4. The van der Waals surface area contributed by atoms with Crippen molar-refractivity contribution in [3.63, 3.8) is 0 Å². The summed E-state index contributed by atoms with van der Waals surface area (Å²) in [7, 11) is 0. The van der Waals surface area contributed by atoms with E-state index in [1.807, 2.05) is 66.7 Å². The zero-order valence-corrected chi connectivity index (χ0v) is 16.7. The smallest absolute Gasteiger partial charge is 0.253 e. The van der Waals surface area contributed by atoms with Crippen LogP contribution in [0.25, 0.3) is 34.7 Å². The van der Waals surface area contributed by atoms with E-state index in [1.165, 1.54) is 0 Å². The molecule has 0 aliphatic carbocycles. The van der Waals surface area contributed by atoms with Gasteiger partial charge in [0.15, 0.2) is 0 Å². The van der Waals surface area contributed by atoms with Gasteiger partial charge in [0.05, 0.1) is 11.3 Å². The summed E-state index contributed by atoms with van der Waals surface area (Å²) in [6.45, 7) is 0.663. The molecule has 0 spiro atoms. The number of carbonyl (C=O) groups excluding carboxylic acids is 1. The van der Waals surface area contributed by atoms with Gasteiger partial charge in [-0.05, 0) is 54.6 Å². The molecule has 2 N–H and O–H groups in total. The molecule has 0 atom stereocenters. The molecule has 4 heterocycles. The van der Waals surface area contributed by atoms with Crippen LogP contribution in [0.4, 0.5) is 0 Å². The van der Waals surface area contributed by atoms with Crippen LogP contribution in [0.5, 0.6) is 0 Å². The Balaban J connectivity index is 1.38. The van der Waals surface area contributed by atoms with E-state index in [0.717, 1.165) is 46.2 Å². The van der Waals surface area contributed by atoms with E-state index in [4.69, 9.17) is 16.0 Å². The van der Waals surface area contributed by atoms with Crippen molar-refractivity contribution in [2.24, 2.45) is 0 Å². The van der Waals surface area contributed by atoms with Crippen molar-refractivity contribution in [2.75, 3.05) is 6.54 Å². The molecule has 3 aromatic heterocycles. The summed E-state index contributed by atoms with van der Waals surface area (Å²) >= 11 is 6.06. The topological polar surface area (TPSA) is 70.9 Å². The second-order valence-electron chi connectivity index (χ2n) is 7.10. The van der Waals surface area contributed by atoms with Gasteiger partial charge in [-0.1, -0.05) is 23.7 Å². The van der Waals surface area contributed by atoms with E-state index in [-0.39, 0.29) is 5.91 Å². The zero-order chi connectivity index (χ0) is 20.5. The summed E-state index contributed by atoms with van der Waals surface area (Å²) in [5, 5.41) is 3.54. The predicted octanol–water partition coefficient (Wildman–Crippen LogP) is 5.45. The molecule has 0 bridgehead atoms. The maximum atomic E-state index is 12.0. The molecule has 1 aliphatic rings. The number of nitrogens with zero attached hydrogens (tertiary/aromatic N) is 1. The first-order valence-electron chi connectivity index (χ1n) is 9.66. The van der Waals surface area contributed by atoms with Gasteiger partial charge >= 0.3 is 0 Å². The largest absolute Gasteiger partial charge is 0.457 e. The number of H-pyrrole nitrogens is 1. The lowest BCUT2D eigenvalue weighted by Crippen LogP contribution is -2.31. The predicted molar refractivity (Wildman–Crippen MR) is 118 cm³/mol. The van der Waals surface area contributed by atoms with Gasteiger partial charge in [0, 0.05) is 46.7 Å². The van der Waals surface area contributed by atoms with E-state index in [2.05, 4.69) is 15.3 Å². The van der Waals surface area contributed by atoms with Crippen molar-refractivity contribution >= 4 is 29.7 Å². The molecule has 0 fully saturated rings. The molecular weight excluding hydrogens is 398 g/mol. The average molecular weight is 416 g/mol. The fraction of sp³-hybridized carbons (Fsp3) is 0.0833. The van der Waals surface area contributed by atoms with Crippen molar-refractivity contribution in [3.8, 4) is 22.6 Å². The Labute approximate surface area is 178 Å². The highest BCUT2D eigenvalue weighted by Crippen LogP contribution is 2.27. The van der Waals surface area contributed by atoms with Gasteiger partial charge in [-0.25, -0.2) is 0 Å². The first-order valence-corrected chi connectivity index (χ1v) is 10.0. The monoisotopic (exact) mass is 415 g/mol. The third kappa shape index (κ3) is 3.67. The van der Waals surface area contributed by atoms with Crippen LogP contribution in [0.1, 0.15) is 27.5 Å². The Kier molecular flexibility index (Phi) is 4.73. The number of aromatic amines is 1. The van der Waals surface area contributed by atoms with Gasteiger partial charge in [0.1, 0.15) is 11.5 Å². The van der Waals surface area contributed by atoms with E-state index in [1.54, 1.807) is 6.20 Å². The third-order valence-corrected chi connectivity index (χ3v) is 5.29. The molecule has 1 amide bonds. The minimum absolute atomic E-state index is 0.0266. The Morgan fingerprint density at radius 2 is 1.97 bits per heavy atom. The van der Waals surface area contributed by atoms with Crippen LogP contribution in [-0.4, -0.2) is 22.4 Å². The van der Waals surface area contributed by atoms with Crippen molar-refractivity contribution < 1.29 is 9.21 Å². The number of carbonyl (C=O) groups is 1. The second-order valence-corrected chi connectivity index (χ2v) is 7.53. The second kappa shape index (κ2) is 7.69. The first kappa shape index (κ1) is 18.5. The van der Waals surface area contributed by atoms with Crippen molar-refractivity contribution in [2.45, 2.75) is 6.42 Å². The quantitative estimate of drug-likeness (QED) is 0.465. The van der Waals surface area contributed by atoms with Gasteiger partial charge in [0.2, 0.25) is 0 Å².